The Labute approximate surface area is 117 Å². The summed E-state index contributed by atoms with van der Waals surface area (Å²) in [5, 5.41) is 13.9. The Hall–Kier alpha value is -2.15. The number of nitro benzene ring substituents is 1. The van der Waals surface area contributed by atoms with Crippen LogP contribution in [0.3, 0.4) is 0 Å². The fourth-order valence-corrected chi connectivity index (χ4v) is 1.58. The maximum Gasteiger partial charge on any atom is 0.344 e. The van der Waals surface area contributed by atoms with Crippen LogP contribution in [-0.2, 0) is 16.1 Å². The number of rotatable bonds is 7. The Kier molecular flexibility index (Phi) is 5.92. The van der Waals surface area contributed by atoms with Crippen LogP contribution in [0.25, 0.3) is 0 Å². The second-order valence-electron chi connectivity index (χ2n) is 4.42. The number of ether oxygens (including phenoxy) is 2. The normalized spacial score (nSPS) is 10.4. The molecule has 7 heteroatoms. The number of benzene rings is 1. The van der Waals surface area contributed by atoms with Gasteiger partial charge >= 0.3 is 11.7 Å². The molecule has 110 valence electrons. The lowest BCUT2D eigenvalue weighted by molar-refractivity contribution is -0.385. The average molecular weight is 282 g/mol. The lowest BCUT2D eigenvalue weighted by Crippen LogP contribution is -2.19. The predicted octanol–water partition coefficient (Wildman–Crippen LogP) is 1.64. The molecular formula is C13H18N2O5. The van der Waals surface area contributed by atoms with E-state index in [4.69, 9.17) is 9.47 Å². The van der Waals surface area contributed by atoms with Crippen molar-refractivity contribution in [2.24, 2.45) is 0 Å². The highest BCUT2D eigenvalue weighted by molar-refractivity contribution is 5.71. The molecule has 0 aliphatic heterocycles. The van der Waals surface area contributed by atoms with Crippen molar-refractivity contribution >= 4 is 11.7 Å². The molecule has 0 radical (unpaired) electrons. The Morgan fingerprint density at radius 1 is 1.45 bits per heavy atom. The molecule has 0 atom stereocenters. The molecule has 1 N–H and O–H groups in total. The van der Waals surface area contributed by atoms with E-state index < -0.39 is 10.9 Å². The topological polar surface area (TPSA) is 90.7 Å². The Morgan fingerprint density at radius 3 is 2.70 bits per heavy atom. The molecule has 0 aliphatic rings. The molecule has 0 spiro atoms. The van der Waals surface area contributed by atoms with Gasteiger partial charge in [-0.15, -0.1) is 0 Å². The summed E-state index contributed by atoms with van der Waals surface area (Å²) in [7, 11) is 1.75. The average Bonchev–Trinajstić information content (AvgIpc) is 2.36. The van der Waals surface area contributed by atoms with E-state index in [1.807, 2.05) is 0 Å². The van der Waals surface area contributed by atoms with Crippen molar-refractivity contribution in [3.63, 3.8) is 0 Å². The number of hydrogen-bond acceptors (Lipinski definition) is 6. The molecule has 0 saturated carbocycles. The minimum Gasteiger partial charge on any atom is -0.475 e. The summed E-state index contributed by atoms with van der Waals surface area (Å²) in [5.41, 5.74) is 0.589. The van der Waals surface area contributed by atoms with Crippen molar-refractivity contribution in [2.75, 3.05) is 13.7 Å². The summed E-state index contributed by atoms with van der Waals surface area (Å²) in [6.45, 7) is 3.58. The van der Waals surface area contributed by atoms with E-state index in [0.717, 1.165) is 5.56 Å². The molecule has 0 bridgehead atoms. The van der Waals surface area contributed by atoms with E-state index in [1.54, 1.807) is 27.0 Å². The van der Waals surface area contributed by atoms with Crippen molar-refractivity contribution in [1.29, 1.82) is 0 Å². The van der Waals surface area contributed by atoms with Gasteiger partial charge in [-0.2, -0.15) is 0 Å². The molecule has 1 rings (SSSR count). The molecule has 1 aromatic rings. The van der Waals surface area contributed by atoms with Crippen LogP contribution in [0.2, 0.25) is 0 Å². The van der Waals surface area contributed by atoms with E-state index >= 15 is 0 Å². The van der Waals surface area contributed by atoms with Gasteiger partial charge in [0.15, 0.2) is 12.4 Å². The number of carbonyl (C=O) groups excluding carboxylic acids is 1. The highest BCUT2D eigenvalue weighted by Gasteiger charge is 2.17. The number of carbonyl (C=O) groups is 1. The first-order valence-corrected chi connectivity index (χ1v) is 6.18. The van der Waals surface area contributed by atoms with Crippen LogP contribution in [0.4, 0.5) is 5.69 Å². The van der Waals surface area contributed by atoms with Crippen molar-refractivity contribution in [1.82, 2.24) is 5.32 Å². The third-order valence-electron chi connectivity index (χ3n) is 2.31. The highest BCUT2D eigenvalue weighted by atomic mass is 16.6. The zero-order valence-corrected chi connectivity index (χ0v) is 11.7. The van der Waals surface area contributed by atoms with E-state index in [1.165, 1.54) is 12.1 Å². The Bertz CT molecular complexity index is 488. The molecule has 0 saturated heterocycles. The maximum atomic E-state index is 11.4. The monoisotopic (exact) mass is 282 g/mol. The molecule has 0 amide bonds. The zero-order valence-electron chi connectivity index (χ0n) is 11.7. The minimum atomic E-state index is -0.561. The zero-order chi connectivity index (χ0) is 15.1. The van der Waals surface area contributed by atoms with E-state index in [2.05, 4.69) is 5.32 Å². The largest absolute Gasteiger partial charge is 0.475 e. The smallest absolute Gasteiger partial charge is 0.344 e. The predicted molar refractivity (Wildman–Crippen MR) is 72.6 cm³/mol. The molecule has 20 heavy (non-hydrogen) atoms. The van der Waals surface area contributed by atoms with Crippen molar-refractivity contribution in [3.8, 4) is 5.75 Å². The molecule has 1 aromatic carbocycles. The molecule has 7 nitrogen and oxygen atoms in total. The molecule has 0 heterocycles. The van der Waals surface area contributed by atoms with E-state index in [0.29, 0.717) is 6.54 Å². The van der Waals surface area contributed by atoms with Gasteiger partial charge in [0.2, 0.25) is 0 Å². The van der Waals surface area contributed by atoms with Crippen LogP contribution in [0.1, 0.15) is 19.4 Å². The quantitative estimate of drug-likeness (QED) is 0.464. The Balaban J connectivity index is 2.78. The van der Waals surface area contributed by atoms with Gasteiger partial charge in [-0.05, 0) is 32.5 Å². The first-order valence-electron chi connectivity index (χ1n) is 6.18. The Morgan fingerprint density at radius 2 is 2.15 bits per heavy atom. The van der Waals surface area contributed by atoms with Gasteiger partial charge in [-0.1, -0.05) is 6.07 Å². The lowest BCUT2D eigenvalue weighted by atomic mass is 10.2. The van der Waals surface area contributed by atoms with Crippen LogP contribution < -0.4 is 10.1 Å². The van der Waals surface area contributed by atoms with Crippen molar-refractivity contribution < 1.29 is 19.2 Å². The van der Waals surface area contributed by atoms with Gasteiger partial charge in [0, 0.05) is 12.6 Å². The van der Waals surface area contributed by atoms with Gasteiger partial charge in [-0.3, -0.25) is 10.1 Å². The third kappa shape index (κ3) is 4.85. The van der Waals surface area contributed by atoms with Crippen molar-refractivity contribution in [3.05, 3.63) is 33.9 Å². The number of nitrogens with zero attached hydrogens (tertiary/aromatic N) is 1. The van der Waals surface area contributed by atoms with Crippen LogP contribution >= 0.6 is 0 Å². The van der Waals surface area contributed by atoms with Gasteiger partial charge < -0.3 is 14.8 Å². The van der Waals surface area contributed by atoms with E-state index in [9.17, 15) is 14.9 Å². The number of hydrogen-bond donors (Lipinski definition) is 1. The summed E-state index contributed by atoms with van der Waals surface area (Å²) in [6, 6.07) is 4.60. The second-order valence-corrected chi connectivity index (χ2v) is 4.42. The number of nitrogens with one attached hydrogen (secondary N) is 1. The first kappa shape index (κ1) is 15.9. The fraction of sp³-hybridized carbons (Fsp3) is 0.462. The summed E-state index contributed by atoms with van der Waals surface area (Å²) < 4.78 is 10.0. The lowest BCUT2D eigenvalue weighted by Gasteiger charge is -2.10. The standard InChI is InChI=1S/C13H18N2O5/c1-9(2)20-13(16)8-19-12-5-4-10(7-14-3)6-11(12)15(17)18/h4-6,9,14H,7-8H2,1-3H3. The fourth-order valence-electron chi connectivity index (χ4n) is 1.58. The summed E-state index contributed by atoms with van der Waals surface area (Å²) in [5.74, 6) is -0.510. The van der Waals surface area contributed by atoms with Gasteiger partial charge in [0.25, 0.3) is 0 Å². The number of esters is 1. The molecule has 0 aliphatic carbocycles. The van der Waals surface area contributed by atoms with Gasteiger partial charge in [0.05, 0.1) is 11.0 Å². The molecule has 0 aromatic heterocycles. The van der Waals surface area contributed by atoms with E-state index in [-0.39, 0.29) is 24.1 Å². The maximum absolute atomic E-state index is 11.4. The first-order chi connectivity index (χ1) is 9.43. The molecule has 0 unspecified atom stereocenters. The molecular weight excluding hydrogens is 264 g/mol. The number of nitro groups is 1. The summed E-state index contributed by atoms with van der Waals surface area (Å²) in [4.78, 5) is 21.8. The van der Waals surface area contributed by atoms with Crippen molar-refractivity contribution in [2.45, 2.75) is 26.5 Å². The van der Waals surface area contributed by atoms with Gasteiger partial charge in [0.1, 0.15) is 0 Å². The highest BCUT2D eigenvalue weighted by Crippen LogP contribution is 2.28. The molecule has 0 fully saturated rings. The SMILES string of the molecule is CNCc1ccc(OCC(=O)OC(C)C)c([N+](=O)[O-])c1. The van der Waals surface area contributed by atoms with Crippen LogP contribution in [0.5, 0.6) is 5.75 Å². The van der Waals surface area contributed by atoms with Crippen LogP contribution in [0.15, 0.2) is 18.2 Å². The van der Waals surface area contributed by atoms with Crippen LogP contribution in [0, 0.1) is 10.1 Å². The second kappa shape index (κ2) is 7.44. The third-order valence-corrected chi connectivity index (χ3v) is 2.31. The summed E-state index contributed by atoms with van der Waals surface area (Å²) in [6.07, 6.45) is -0.251. The van der Waals surface area contributed by atoms with Crippen LogP contribution in [-0.4, -0.2) is 30.7 Å². The minimum absolute atomic E-state index is 0.0514. The summed E-state index contributed by atoms with van der Waals surface area (Å²) >= 11 is 0. The van der Waals surface area contributed by atoms with Gasteiger partial charge in [-0.25, -0.2) is 4.79 Å².